The number of hydrogen-bond donors (Lipinski definition) is 0. The molecule has 0 amide bonds. The smallest absolute Gasteiger partial charge is 0.127 e. The Morgan fingerprint density at radius 1 is 1.32 bits per heavy atom. The third-order valence-corrected chi connectivity index (χ3v) is 3.77. The minimum absolute atomic E-state index is 0.397. The van der Waals surface area contributed by atoms with Crippen LogP contribution in [0.5, 0.6) is 5.75 Å². The minimum Gasteiger partial charge on any atom is -0.488 e. The van der Waals surface area contributed by atoms with Crippen LogP contribution in [0.25, 0.3) is 0 Å². The fraction of sp³-hybridized carbons (Fsp3) is 0.214. The van der Waals surface area contributed by atoms with Gasteiger partial charge in [0.2, 0.25) is 0 Å². The molecule has 2 nitrogen and oxygen atoms in total. The van der Waals surface area contributed by atoms with Crippen molar-refractivity contribution < 1.29 is 4.74 Å². The Morgan fingerprint density at radius 2 is 2.11 bits per heavy atom. The number of nitrogens with zero attached hydrogens (tertiary/aromatic N) is 1. The van der Waals surface area contributed by atoms with E-state index in [0.29, 0.717) is 17.5 Å². The van der Waals surface area contributed by atoms with E-state index in [1.54, 1.807) is 12.4 Å². The number of aryl methyl sites for hydroxylation is 1. The van der Waals surface area contributed by atoms with E-state index in [9.17, 15) is 0 Å². The van der Waals surface area contributed by atoms with Crippen LogP contribution in [0.3, 0.4) is 0 Å². The molecule has 0 atom stereocenters. The van der Waals surface area contributed by atoms with Crippen molar-refractivity contribution in [1.29, 1.82) is 0 Å². The Labute approximate surface area is 130 Å². The zero-order valence-electron chi connectivity index (χ0n) is 10.3. The highest BCUT2D eigenvalue weighted by Crippen LogP contribution is 2.30. The Balaban J connectivity index is 2.22. The molecule has 0 aliphatic rings. The highest BCUT2D eigenvalue weighted by Gasteiger charge is 2.09. The van der Waals surface area contributed by atoms with Crippen LogP contribution in [0.4, 0.5) is 0 Å². The monoisotopic (exact) mass is 359 g/mol. The lowest BCUT2D eigenvalue weighted by atomic mass is 10.1. The summed E-state index contributed by atoms with van der Waals surface area (Å²) >= 11 is 15.5. The van der Waals surface area contributed by atoms with Crippen LogP contribution in [0.2, 0.25) is 5.02 Å². The normalized spacial score (nSPS) is 10.5. The van der Waals surface area contributed by atoms with Gasteiger partial charge in [-0.25, -0.2) is 0 Å². The maximum absolute atomic E-state index is 6.05. The molecule has 0 fully saturated rings. The van der Waals surface area contributed by atoms with Gasteiger partial charge < -0.3 is 4.74 Å². The van der Waals surface area contributed by atoms with Crippen LogP contribution >= 0.6 is 39.1 Å². The van der Waals surface area contributed by atoms with Crippen LogP contribution in [-0.2, 0) is 12.5 Å². The molecule has 0 unspecified atom stereocenters. The zero-order valence-corrected chi connectivity index (χ0v) is 13.4. The largest absolute Gasteiger partial charge is 0.488 e. The number of pyridine rings is 1. The molecule has 0 saturated heterocycles. The second-order valence-corrected chi connectivity index (χ2v) is 5.69. The molecule has 0 radical (unpaired) electrons. The van der Waals surface area contributed by atoms with Gasteiger partial charge in [0.15, 0.2) is 0 Å². The zero-order chi connectivity index (χ0) is 13.8. The summed E-state index contributed by atoms with van der Waals surface area (Å²) in [6.07, 6.45) is 3.30. The lowest BCUT2D eigenvalue weighted by Crippen LogP contribution is -2.01. The third kappa shape index (κ3) is 3.62. The highest BCUT2D eigenvalue weighted by atomic mass is 79.9. The molecule has 100 valence electrons. The van der Waals surface area contributed by atoms with Crippen molar-refractivity contribution >= 4 is 39.1 Å². The molecule has 2 rings (SSSR count). The second kappa shape index (κ2) is 6.60. The number of aromatic nitrogens is 1. The Kier molecular flexibility index (Phi) is 5.08. The quantitative estimate of drug-likeness (QED) is 0.705. The summed E-state index contributed by atoms with van der Waals surface area (Å²) in [5.74, 6) is 1.21. The number of hydrogen-bond acceptors (Lipinski definition) is 2. The molecule has 5 heteroatoms. The first-order valence-corrected chi connectivity index (χ1v) is 7.38. The van der Waals surface area contributed by atoms with Gasteiger partial charge in [0.25, 0.3) is 0 Å². The fourth-order valence-corrected chi connectivity index (χ4v) is 2.77. The minimum atomic E-state index is 0.397. The summed E-state index contributed by atoms with van der Waals surface area (Å²) in [6.45, 7) is 2.39. The van der Waals surface area contributed by atoms with Gasteiger partial charge in [-0.05, 0) is 30.7 Å². The number of ether oxygens (including phenoxy) is 1. The van der Waals surface area contributed by atoms with Gasteiger partial charge in [0.05, 0.1) is 10.9 Å². The van der Waals surface area contributed by atoms with E-state index < -0.39 is 0 Å². The molecule has 19 heavy (non-hydrogen) atoms. The number of rotatable bonds is 4. The van der Waals surface area contributed by atoms with E-state index >= 15 is 0 Å². The molecule has 0 aliphatic heterocycles. The molecular weight excluding hydrogens is 349 g/mol. The molecule has 0 saturated carbocycles. The molecule has 0 spiro atoms. The van der Waals surface area contributed by atoms with Crippen molar-refractivity contribution in [2.75, 3.05) is 0 Å². The topological polar surface area (TPSA) is 22.1 Å². The number of benzene rings is 1. The summed E-state index contributed by atoms with van der Waals surface area (Å²) in [7, 11) is 0. The van der Waals surface area contributed by atoms with Gasteiger partial charge >= 0.3 is 0 Å². The maximum atomic E-state index is 6.05. The average molecular weight is 361 g/mol. The van der Waals surface area contributed by atoms with Gasteiger partial charge in [-0.15, -0.1) is 11.6 Å². The molecule has 1 aromatic carbocycles. The first-order chi connectivity index (χ1) is 9.11. The van der Waals surface area contributed by atoms with Gasteiger partial charge in [-0.2, -0.15) is 0 Å². The van der Waals surface area contributed by atoms with Crippen molar-refractivity contribution in [2.45, 2.75) is 19.4 Å². The first kappa shape index (κ1) is 14.6. The lowest BCUT2D eigenvalue weighted by Gasteiger charge is -2.14. The van der Waals surface area contributed by atoms with Gasteiger partial charge in [0.1, 0.15) is 12.4 Å². The van der Waals surface area contributed by atoms with E-state index in [1.165, 1.54) is 0 Å². The van der Waals surface area contributed by atoms with Gasteiger partial charge in [-0.3, -0.25) is 4.98 Å². The lowest BCUT2D eigenvalue weighted by molar-refractivity contribution is 0.301. The van der Waals surface area contributed by atoms with E-state index in [4.69, 9.17) is 27.9 Å². The molecule has 0 aliphatic carbocycles. The predicted octanol–water partition coefficient (Wildman–Crippen LogP) is 5.12. The van der Waals surface area contributed by atoms with Crippen molar-refractivity contribution in [3.05, 3.63) is 56.8 Å². The van der Waals surface area contributed by atoms with Crippen LogP contribution < -0.4 is 4.74 Å². The van der Waals surface area contributed by atoms with Crippen LogP contribution in [-0.4, -0.2) is 4.98 Å². The fourth-order valence-electron chi connectivity index (χ4n) is 1.78. The summed E-state index contributed by atoms with van der Waals surface area (Å²) in [6, 6.07) is 5.81. The highest BCUT2D eigenvalue weighted by molar-refractivity contribution is 9.10. The third-order valence-electron chi connectivity index (χ3n) is 2.69. The molecule has 0 N–H and O–H groups in total. The van der Waals surface area contributed by atoms with E-state index in [1.807, 2.05) is 25.1 Å². The predicted molar refractivity (Wildman–Crippen MR) is 82.0 cm³/mol. The summed E-state index contributed by atoms with van der Waals surface area (Å²) in [5.41, 5.74) is 2.90. The van der Waals surface area contributed by atoms with Crippen LogP contribution in [0, 0.1) is 6.92 Å². The summed E-state index contributed by atoms with van der Waals surface area (Å²) in [4.78, 5) is 3.95. The Bertz CT molecular complexity index is 590. The van der Waals surface area contributed by atoms with Crippen molar-refractivity contribution in [2.24, 2.45) is 0 Å². The summed E-state index contributed by atoms with van der Waals surface area (Å²) < 4.78 is 6.86. The van der Waals surface area contributed by atoms with Crippen molar-refractivity contribution in [1.82, 2.24) is 4.98 Å². The number of halogens is 3. The Morgan fingerprint density at radius 3 is 2.79 bits per heavy atom. The second-order valence-electron chi connectivity index (χ2n) is 4.10. The van der Waals surface area contributed by atoms with Gasteiger partial charge in [0, 0.05) is 28.0 Å². The van der Waals surface area contributed by atoms with E-state index in [-0.39, 0.29) is 0 Å². The molecule has 2 aromatic rings. The average Bonchev–Trinajstić information content (AvgIpc) is 2.38. The molecular formula is C14H12BrCl2NO. The molecule has 1 heterocycles. The van der Waals surface area contributed by atoms with E-state index in [2.05, 4.69) is 20.9 Å². The SMILES string of the molecule is Cc1cc(Br)cc(CCl)c1OCc1ccncc1Cl. The van der Waals surface area contributed by atoms with E-state index in [0.717, 1.165) is 26.9 Å². The van der Waals surface area contributed by atoms with Crippen molar-refractivity contribution in [3.63, 3.8) is 0 Å². The standard InChI is InChI=1S/C14H12BrCl2NO/c1-9-4-12(15)5-11(6-16)14(9)19-8-10-2-3-18-7-13(10)17/h2-5,7H,6,8H2,1H3. The van der Waals surface area contributed by atoms with Crippen molar-refractivity contribution in [3.8, 4) is 5.75 Å². The van der Waals surface area contributed by atoms with Crippen LogP contribution in [0.15, 0.2) is 35.1 Å². The molecule has 1 aromatic heterocycles. The summed E-state index contributed by atoms with van der Waals surface area (Å²) in [5, 5.41) is 0.602. The number of alkyl halides is 1. The van der Waals surface area contributed by atoms with Gasteiger partial charge in [-0.1, -0.05) is 27.5 Å². The maximum Gasteiger partial charge on any atom is 0.127 e. The first-order valence-electron chi connectivity index (χ1n) is 5.68. The Hall–Kier alpha value is -0.770. The van der Waals surface area contributed by atoms with Crippen LogP contribution in [0.1, 0.15) is 16.7 Å². The molecule has 0 bridgehead atoms.